The van der Waals surface area contributed by atoms with E-state index in [4.69, 9.17) is 9.84 Å². The Kier molecular flexibility index (Phi) is 2.68. The first-order chi connectivity index (χ1) is 7.18. The van der Waals surface area contributed by atoms with Crippen LogP contribution in [0.5, 0.6) is 0 Å². The van der Waals surface area contributed by atoms with Gasteiger partial charge in [0, 0.05) is 5.92 Å². The minimum absolute atomic E-state index is 0.164. The van der Waals surface area contributed by atoms with E-state index in [-0.39, 0.29) is 18.3 Å². The van der Waals surface area contributed by atoms with Gasteiger partial charge in [-0.1, -0.05) is 12.1 Å². The van der Waals surface area contributed by atoms with Gasteiger partial charge in [0.1, 0.15) is 5.82 Å². The van der Waals surface area contributed by atoms with Gasteiger partial charge in [0.25, 0.3) is 0 Å². The maximum atomic E-state index is 12.7. The van der Waals surface area contributed by atoms with E-state index in [1.807, 2.05) is 0 Å². The van der Waals surface area contributed by atoms with E-state index in [0.717, 1.165) is 5.56 Å². The molecule has 1 aromatic rings. The standard InChI is InChI=1S/C11H11FO3/c12-8-3-1-7(2-4-8)9-5-15-6-10(9)11(13)14/h1-4,9-10H,5-6H2,(H,13,14). The molecule has 80 valence electrons. The van der Waals surface area contributed by atoms with Gasteiger partial charge in [0.05, 0.1) is 19.1 Å². The van der Waals surface area contributed by atoms with Crippen molar-refractivity contribution in [2.45, 2.75) is 5.92 Å². The number of halogens is 1. The Labute approximate surface area is 86.5 Å². The molecule has 2 unspecified atom stereocenters. The first-order valence-corrected chi connectivity index (χ1v) is 4.74. The highest BCUT2D eigenvalue weighted by Crippen LogP contribution is 2.31. The summed E-state index contributed by atoms with van der Waals surface area (Å²) in [5.41, 5.74) is 0.821. The van der Waals surface area contributed by atoms with Crippen LogP contribution in [0.1, 0.15) is 11.5 Å². The summed E-state index contributed by atoms with van der Waals surface area (Å²) in [5.74, 6) is -1.86. The van der Waals surface area contributed by atoms with Crippen molar-refractivity contribution in [2.75, 3.05) is 13.2 Å². The Hall–Kier alpha value is -1.42. The second kappa shape index (κ2) is 3.98. The zero-order chi connectivity index (χ0) is 10.8. The molecule has 1 aliphatic heterocycles. The summed E-state index contributed by atoms with van der Waals surface area (Å²) >= 11 is 0. The summed E-state index contributed by atoms with van der Waals surface area (Å²) in [4.78, 5) is 10.9. The Bertz CT molecular complexity index is 361. The van der Waals surface area contributed by atoms with Gasteiger partial charge in [-0.2, -0.15) is 0 Å². The Morgan fingerprint density at radius 3 is 2.60 bits per heavy atom. The van der Waals surface area contributed by atoms with Crippen LogP contribution in [-0.4, -0.2) is 24.3 Å². The second-order valence-electron chi connectivity index (χ2n) is 3.64. The smallest absolute Gasteiger partial charge is 0.309 e. The van der Waals surface area contributed by atoms with Gasteiger partial charge in [-0.25, -0.2) is 4.39 Å². The fourth-order valence-electron chi connectivity index (χ4n) is 1.84. The molecule has 0 radical (unpaired) electrons. The van der Waals surface area contributed by atoms with E-state index < -0.39 is 11.9 Å². The number of carbonyl (C=O) groups is 1. The Morgan fingerprint density at radius 1 is 1.33 bits per heavy atom. The van der Waals surface area contributed by atoms with E-state index in [1.54, 1.807) is 12.1 Å². The molecular formula is C11H11FO3. The lowest BCUT2D eigenvalue weighted by atomic mass is 9.89. The molecule has 1 aliphatic rings. The fraction of sp³-hybridized carbons (Fsp3) is 0.364. The van der Waals surface area contributed by atoms with Crippen molar-refractivity contribution >= 4 is 5.97 Å². The van der Waals surface area contributed by atoms with E-state index in [1.165, 1.54) is 12.1 Å². The van der Waals surface area contributed by atoms with Gasteiger partial charge in [-0.05, 0) is 17.7 Å². The van der Waals surface area contributed by atoms with Crippen LogP contribution in [-0.2, 0) is 9.53 Å². The molecule has 2 rings (SSSR count). The molecule has 0 saturated carbocycles. The molecule has 3 nitrogen and oxygen atoms in total. The molecule has 1 saturated heterocycles. The van der Waals surface area contributed by atoms with Crippen molar-refractivity contribution in [2.24, 2.45) is 5.92 Å². The molecule has 0 amide bonds. The highest BCUT2D eigenvalue weighted by Gasteiger charge is 2.34. The van der Waals surface area contributed by atoms with Crippen LogP contribution < -0.4 is 0 Å². The van der Waals surface area contributed by atoms with Crippen LogP contribution in [0.15, 0.2) is 24.3 Å². The molecule has 1 aromatic carbocycles. The number of hydrogen-bond donors (Lipinski definition) is 1. The van der Waals surface area contributed by atoms with Gasteiger partial charge >= 0.3 is 5.97 Å². The molecule has 0 aromatic heterocycles. The normalized spacial score (nSPS) is 25.4. The summed E-state index contributed by atoms with van der Waals surface area (Å²) in [5, 5.41) is 8.95. The quantitative estimate of drug-likeness (QED) is 0.807. The molecule has 0 aliphatic carbocycles. The number of rotatable bonds is 2. The molecule has 1 heterocycles. The molecular weight excluding hydrogens is 199 g/mol. The second-order valence-corrected chi connectivity index (χ2v) is 3.64. The van der Waals surface area contributed by atoms with Crippen molar-refractivity contribution in [3.63, 3.8) is 0 Å². The summed E-state index contributed by atoms with van der Waals surface area (Å²) in [7, 11) is 0. The van der Waals surface area contributed by atoms with Crippen molar-refractivity contribution in [3.8, 4) is 0 Å². The van der Waals surface area contributed by atoms with Crippen LogP contribution >= 0.6 is 0 Å². The van der Waals surface area contributed by atoms with E-state index in [2.05, 4.69) is 0 Å². The average Bonchev–Trinajstić information content (AvgIpc) is 2.67. The number of ether oxygens (including phenoxy) is 1. The topological polar surface area (TPSA) is 46.5 Å². The maximum Gasteiger partial charge on any atom is 0.309 e. The zero-order valence-corrected chi connectivity index (χ0v) is 8.02. The van der Waals surface area contributed by atoms with Gasteiger partial charge in [0.2, 0.25) is 0 Å². The largest absolute Gasteiger partial charge is 0.481 e. The van der Waals surface area contributed by atoms with Crippen LogP contribution in [0, 0.1) is 11.7 Å². The SMILES string of the molecule is O=C(O)C1COCC1c1ccc(F)cc1. The highest BCUT2D eigenvalue weighted by atomic mass is 19.1. The lowest BCUT2D eigenvalue weighted by Crippen LogP contribution is -2.20. The summed E-state index contributed by atoms with van der Waals surface area (Å²) in [6.45, 7) is 0.625. The summed E-state index contributed by atoms with van der Waals surface area (Å²) < 4.78 is 17.8. The van der Waals surface area contributed by atoms with Crippen molar-refractivity contribution in [3.05, 3.63) is 35.6 Å². The van der Waals surface area contributed by atoms with Gasteiger partial charge < -0.3 is 9.84 Å². The van der Waals surface area contributed by atoms with Crippen LogP contribution in [0.4, 0.5) is 4.39 Å². The predicted molar refractivity (Wildman–Crippen MR) is 51.1 cm³/mol. The van der Waals surface area contributed by atoms with Crippen LogP contribution in [0.25, 0.3) is 0 Å². The highest BCUT2D eigenvalue weighted by molar-refractivity contribution is 5.72. The first-order valence-electron chi connectivity index (χ1n) is 4.74. The van der Waals surface area contributed by atoms with E-state index in [0.29, 0.717) is 6.61 Å². The molecule has 0 spiro atoms. The monoisotopic (exact) mass is 210 g/mol. The molecule has 1 fully saturated rings. The number of benzene rings is 1. The Morgan fingerprint density at radius 2 is 2.00 bits per heavy atom. The zero-order valence-electron chi connectivity index (χ0n) is 8.02. The third-order valence-corrected chi connectivity index (χ3v) is 2.70. The molecule has 15 heavy (non-hydrogen) atoms. The molecule has 0 bridgehead atoms. The minimum atomic E-state index is -0.859. The van der Waals surface area contributed by atoms with E-state index >= 15 is 0 Å². The summed E-state index contributed by atoms with van der Waals surface area (Å²) in [6, 6.07) is 5.91. The lowest BCUT2D eigenvalue weighted by molar-refractivity contribution is -0.142. The number of hydrogen-bond acceptors (Lipinski definition) is 2. The fourth-order valence-corrected chi connectivity index (χ4v) is 1.84. The average molecular weight is 210 g/mol. The third kappa shape index (κ3) is 1.99. The van der Waals surface area contributed by atoms with Crippen molar-refractivity contribution in [1.82, 2.24) is 0 Å². The van der Waals surface area contributed by atoms with Crippen molar-refractivity contribution in [1.29, 1.82) is 0 Å². The van der Waals surface area contributed by atoms with Gasteiger partial charge in [0.15, 0.2) is 0 Å². The lowest BCUT2D eigenvalue weighted by Gasteiger charge is -2.13. The molecule has 1 N–H and O–H groups in total. The predicted octanol–water partition coefficient (Wildman–Crippen LogP) is 1.64. The van der Waals surface area contributed by atoms with Gasteiger partial charge in [-0.15, -0.1) is 0 Å². The molecule has 4 heteroatoms. The number of aliphatic carboxylic acids is 1. The van der Waals surface area contributed by atoms with E-state index in [9.17, 15) is 9.18 Å². The van der Waals surface area contributed by atoms with Crippen molar-refractivity contribution < 1.29 is 19.0 Å². The summed E-state index contributed by atoms with van der Waals surface area (Å²) in [6.07, 6.45) is 0. The van der Waals surface area contributed by atoms with Crippen LogP contribution in [0.2, 0.25) is 0 Å². The number of carboxylic acids is 1. The minimum Gasteiger partial charge on any atom is -0.481 e. The number of carboxylic acid groups (broad SMARTS) is 1. The van der Waals surface area contributed by atoms with Gasteiger partial charge in [-0.3, -0.25) is 4.79 Å². The first kappa shape index (κ1) is 10.1. The van der Waals surface area contributed by atoms with Crippen LogP contribution in [0.3, 0.4) is 0 Å². The third-order valence-electron chi connectivity index (χ3n) is 2.70. The molecule has 2 atom stereocenters. The Balaban J connectivity index is 2.22. The maximum absolute atomic E-state index is 12.7.